The quantitative estimate of drug-likeness (QED) is 0.771. The Hall–Kier alpha value is -3.12. The SMILES string of the molecule is CC(C)(C)OC(=O)N1CCC[C@H](Nc2cc3c(O[C@H]4CCOC4)nc(C#N)cc3cn2)C1. The van der Waals surface area contributed by atoms with Gasteiger partial charge in [-0.25, -0.2) is 14.8 Å². The normalized spacial score (nSPS) is 21.2. The molecule has 0 aromatic carbocycles. The van der Waals surface area contributed by atoms with Gasteiger partial charge < -0.3 is 24.4 Å². The van der Waals surface area contributed by atoms with Crippen LogP contribution in [0, 0.1) is 11.3 Å². The molecule has 2 atom stereocenters. The Kier molecular flexibility index (Phi) is 6.33. The highest BCUT2D eigenvalue weighted by Gasteiger charge is 2.28. The lowest BCUT2D eigenvalue weighted by Gasteiger charge is -2.34. The van der Waals surface area contributed by atoms with Crippen LogP contribution in [0.3, 0.4) is 0 Å². The maximum absolute atomic E-state index is 12.5. The minimum absolute atomic E-state index is 0.0557. The summed E-state index contributed by atoms with van der Waals surface area (Å²) in [7, 11) is 0. The van der Waals surface area contributed by atoms with Gasteiger partial charge in [0.1, 0.15) is 29.3 Å². The third kappa shape index (κ3) is 5.37. The summed E-state index contributed by atoms with van der Waals surface area (Å²) in [5.41, 5.74) is -0.234. The summed E-state index contributed by atoms with van der Waals surface area (Å²) >= 11 is 0. The summed E-state index contributed by atoms with van der Waals surface area (Å²) in [6.07, 6.45) is 3.94. The average molecular weight is 440 g/mol. The number of amides is 1. The molecule has 4 rings (SSSR count). The molecule has 1 amide bonds. The molecule has 0 bridgehead atoms. The van der Waals surface area contributed by atoms with E-state index >= 15 is 0 Å². The monoisotopic (exact) mass is 439 g/mol. The van der Waals surface area contributed by atoms with E-state index in [9.17, 15) is 10.1 Å². The van der Waals surface area contributed by atoms with Gasteiger partial charge in [0.15, 0.2) is 0 Å². The van der Waals surface area contributed by atoms with Crippen molar-refractivity contribution in [2.75, 3.05) is 31.6 Å². The number of pyridine rings is 2. The zero-order chi connectivity index (χ0) is 22.7. The minimum atomic E-state index is -0.520. The number of nitrogens with zero attached hydrogens (tertiary/aromatic N) is 4. The van der Waals surface area contributed by atoms with Crippen molar-refractivity contribution >= 4 is 22.7 Å². The van der Waals surface area contributed by atoms with Crippen LogP contribution in [-0.2, 0) is 9.47 Å². The first kappa shape index (κ1) is 22.1. The molecule has 0 radical (unpaired) electrons. The van der Waals surface area contributed by atoms with E-state index in [4.69, 9.17) is 14.2 Å². The minimum Gasteiger partial charge on any atom is -0.471 e. The molecule has 2 aromatic rings. The van der Waals surface area contributed by atoms with Crippen LogP contribution < -0.4 is 10.1 Å². The fourth-order valence-electron chi connectivity index (χ4n) is 3.90. The molecule has 0 aliphatic carbocycles. The number of hydrogen-bond acceptors (Lipinski definition) is 8. The molecule has 1 N–H and O–H groups in total. The first-order valence-corrected chi connectivity index (χ1v) is 11.0. The third-order valence-electron chi connectivity index (χ3n) is 5.39. The van der Waals surface area contributed by atoms with E-state index in [1.54, 1.807) is 17.2 Å². The second-order valence-electron chi connectivity index (χ2n) is 9.23. The molecule has 2 aliphatic heterocycles. The van der Waals surface area contributed by atoms with E-state index in [-0.39, 0.29) is 23.9 Å². The van der Waals surface area contributed by atoms with E-state index in [1.165, 1.54) is 0 Å². The summed E-state index contributed by atoms with van der Waals surface area (Å²) in [5.74, 6) is 1.09. The van der Waals surface area contributed by atoms with Crippen molar-refractivity contribution in [2.24, 2.45) is 0 Å². The van der Waals surface area contributed by atoms with Crippen LogP contribution in [0.15, 0.2) is 18.3 Å². The zero-order valence-corrected chi connectivity index (χ0v) is 18.8. The van der Waals surface area contributed by atoms with Crippen molar-refractivity contribution in [1.29, 1.82) is 5.26 Å². The van der Waals surface area contributed by atoms with Gasteiger partial charge in [0.2, 0.25) is 5.88 Å². The predicted molar refractivity (Wildman–Crippen MR) is 119 cm³/mol. The summed E-state index contributed by atoms with van der Waals surface area (Å²) in [4.78, 5) is 23.1. The summed E-state index contributed by atoms with van der Waals surface area (Å²) < 4.78 is 17.0. The number of carbonyl (C=O) groups excluding carboxylic acids is 1. The Morgan fingerprint density at radius 2 is 2.19 bits per heavy atom. The van der Waals surface area contributed by atoms with Crippen molar-refractivity contribution in [3.63, 3.8) is 0 Å². The standard InChI is InChI=1S/C23H29N5O4/c1-23(2,3)32-22(29)28-7-4-5-16(13-28)26-20-10-19-15(12-25-20)9-17(11-24)27-21(19)31-18-6-8-30-14-18/h9-10,12,16,18H,4-8,13-14H2,1-3H3,(H,25,26)/t16-,18-/m0/s1. The number of fused-ring (bicyclic) bond motifs is 1. The summed E-state index contributed by atoms with van der Waals surface area (Å²) in [6.45, 7) is 8.00. The number of ether oxygens (including phenoxy) is 3. The van der Waals surface area contributed by atoms with Crippen molar-refractivity contribution in [1.82, 2.24) is 14.9 Å². The Balaban J connectivity index is 1.51. The van der Waals surface area contributed by atoms with Crippen LogP contribution in [-0.4, -0.2) is 65.0 Å². The molecule has 0 spiro atoms. The van der Waals surface area contributed by atoms with Gasteiger partial charge in [-0.05, 0) is 45.7 Å². The first-order valence-electron chi connectivity index (χ1n) is 11.0. The molecule has 2 aliphatic rings. The second-order valence-corrected chi connectivity index (χ2v) is 9.23. The highest BCUT2D eigenvalue weighted by molar-refractivity contribution is 5.89. The number of piperidine rings is 1. The number of hydrogen-bond donors (Lipinski definition) is 1. The third-order valence-corrected chi connectivity index (χ3v) is 5.39. The number of nitriles is 1. The van der Waals surface area contributed by atoms with Crippen LogP contribution in [0.4, 0.5) is 10.6 Å². The topological polar surface area (TPSA) is 110 Å². The van der Waals surface area contributed by atoms with Gasteiger partial charge in [-0.1, -0.05) is 0 Å². The van der Waals surface area contributed by atoms with E-state index in [0.717, 1.165) is 30.0 Å². The Bertz CT molecular complexity index is 1020. The second kappa shape index (κ2) is 9.17. The Morgan fingerprint density at radius 3 is 2.91 bits per heavy atom. The van der Waals surface area contributed by atoms with E-state index in [2.05, 4.69) is 21.4 Å². The molecule has 32 heavy (non-hydrogen) atoms. The fraction of sp³-hybridized carbons (Fsp3) is 0.565. The van der Waals surface area contributed by atoms with Gasteiger partial charge in [-0.3, -0.25) is 0 Å². The maximum Gasteiger partial charge on any atom is 0.410 e. The van der Waals surface area contributed by atoms with Gasteiger partial charge in [0.05, 0.1) is 13.2 Å². The molecule has 0 unspecified atom stereocenters. The Labute approximate surface area is 187 Å². The van der Waals surface area contributed by atoms with Crippen LogP contribution in [0.5, 0.6) is 5.88 Å². The predicted octanol–water partition coefficient (Wildman–Crippen LogP) is 3.48. The first-order chi connectivity index (χ1) is 15.3. The maximum atomic E-state index is 12.5. The molecule has 2 fully saturated rings. The lowest BCUT2D eigenvalue weighted by molar-refractivity contribution is 0.0206. The van der Waals surface area contributed by atoms with E-state index in [1.807, 2.05) is 26.8 Å². The fourth-order valence-corrected chi connectivity index (χ4v) is 3.90. The highest BCUT2D eigenvalue weighted by Crippen LogP contribution is 2.29. The van der Waals surface area contributed by atoms with Crippen molar-refractivity contribution < 1.29 is 19.0 Å². The number of carbonyl (C=O) groups is 1. The lowest BCUT2D eigenvalue weighted by Crippen LogP contribution is -2.47. The number of rotatable bonds is 4. The molecule has 9 heteroatoms. The van der Waals surface area contributed by atoms with Crippen molar-refractivity contribution in [2.45, 2.75) is 57.8 Å². The van der Waals surface area contributed by atoms with Crippen molar-refractivity contribution in [3.8, 4) is 11.9 Å². The van der Waals surface area contributed by atoms with Crippen LogP contribution in [0.1, 0.15) is 45.7 Å². The lowest BCUT2D eigenvalue weighted by atomic mass is 10.1. The van der Waals surface area contributed by atoms with Crippen LogP contribution in [0.25, 0.3) is 10.8 Å². The molecule has 9 nitrogen and oxygen atoms in total. The number of anilines is 1. The smallest absolute Gasteiger partial charge is 0.410 e. The van der Waals surface area contributed by atoms with Gasteiger partial charge in [-0.2, -0.15) is 5.26 Å². The van der Waals surface area contributed by atoms with Gasteiger partial charge >= 0.3 is 6.09 Å². The van der Waals surface area contributed by atoms with Crippen molar-refractivity contribution in [3.05, 3.63) is 24.0 Å². The number of likely N-dealkylation sites (tertiary alicyclic amines) is 1. The van der Waals surface area contributed by atoms with Gasteiger partial charge in [0.25, 0.3) is 0 Å². The Morgan fingerprint density at radius 1 is 1.34 bits per heavy atom. The molecule has 4 heterocycles. The zero-order valence-electron chi connectivity index (χ0n) is 18.8. The molecule has 0 saturated carbocycles. The molecule has 2 saturated heterocycles. The number of nitrogens with one attached hydrogen (secondary N) is 1. The van der Waals surface area contributed by atoms with Gasteiger partial charge in [-0.15, -0.1) is 0 Å². The largest absolute Gasteiger partial charge is 0.471 e. The molecule has 170 valence electrons. The number of aromatic nitrogens is 2. The van der Waals surface area contributed by atoms with Gasteiger partial charge in [0, 0.05) is 42.5 Å². The van der Waals surface area contributed by atoms with E-state index in [0.29, 0.717) is 38.0 Å². The molecular weight excluding hydrogens is 410 g/mol. The summed E-state index contributed by atoms with van der Waals surface area (Å²) in [5, 5.41) is 14.3. The molecule has 2 aromatic heterocycles. The average Bonchev–Trinajstić information content (AvgIpc) is 3.26. The van der Waals surface area contributed by atoms with Crippen LogP contribution >= 0.6 is 0 Å². The van der Waals surface area contributed by atoms with Crippen LogP contribution in [0.2, 0.25) is 0 Å². The summed E-state index contributed by atoms with van der Waals surface area (Å²) in [6, 6.07) is 5.73. The van der Waals surface area contributed by atoms with E-state index < -0.39 is 5.60 Å². The highest BCUT2D eigenvalue weighted by atomic mass is 16.6. The molecular formula is C23H29N5O4.